The molecule has 2 aromatic carbocycles. The molecule has 1 N–H and O–H groups in total. The van der Waals surface area contributed by atoms with E-state index in [4.69, 9.17) is 4.74 Å². The van der Waals surface area contributed by atoms with Crippen LogP contribution in [0, 0.1) is 5.82 Å². The molecule has 1 heterocycles. The first-order chi connectivity index (χ1) is 14.4. The van der Waals surface area contributed by atoms with Crippen molar-refractivity contribution in [1.82, 2.24) is 9.62 Å². The summed E-state index contributed by atoms with van der Waals surface area (Å²) in [5.41, 5.74) is 0.999. The Labute approximate surface area is 177 Å². The predicted molar refractivity (Wildman–Crippen MR) is 112 cm³/mol. The summed E-state index contributed by atoms with van der Waals surface area (Å²) in [6.45, 7) is 0.801. The number of sulfonamides is 1. The minimum atomic E-state index is -3.78. The van der Waals surface area contributed by atoms with Gasteiger partial charge in [-0.2, -0.15) is 4.31 Å². The molecule has 6 nitrogen and oxygen atoms in total. The van der Waals surface area contributed by atoms with E-state index in [9.17, 15) is 17.6 Å². The van der Waals surface area contributed by atoms with Crippen molar-refractivity contribution in [2.24, 2.45) is 0 Å². The van der Waals surface area contributed by atoms with Gasteiger partial charge in [-0.1, -0.05) is 24.6 Å². The number of hydrogen-bond acceptors (Lipinski definition) is 4. The van der Waals surface area contributed by atoms with E-state index in [-0.39, 0.29) is 17.2 Å². The number of benzene rings is 2. The average Bonchev–Trinajstić information content (AvgIpc) is 2.74. The number of carbonyl (C=O) groups is 1. The van der Waals surface area contributed by atoms with Crippen LogP contribution in [0.2, 0.25) is 0 Å². The van der Waals surface area contributed by atoms with Gasteiger partial charge in [0.15, 0.2) is 0 Å². The molecule has 0 unspecified atom stereocenters. The van der Waals surface area contributed by atoms with Crippen molar-refractivity contribution in [2.45, 2.75) is 43.0 Å². The first-order valence-electron chi connectivity index (χ1n) is 10.1. The van der Waals surface area contributed by atoms with Crippen molar-refractivity contribution in [3.05, 3.63) is 59.9 Å². The Bertz CT molecular complexity index is 963. The Balaban J connectivity index is 1.61. The van der Waals surface area contributed by atoms with Gasteiger partial charge in [-0.15, -0.1) is 0 Å². The van der Waals surface area contributed by atoms with E-state index in [2.05, 4.69) is 5.32 Å². The van der Waals surface area contributed by atoms with Crippen LogP contribution in [0.4, 0.5) is 4.39 Å². The van der Waals surface area contributed by atoms with Crippen molar-refractivity contribution in [3.63, 3.8) is 0 Å². The van der Waals surface area contributed by atoms with Crippen molar-refractivity contribution >= 4 is 15.9 Å². The zero-order chi connectivity index (χ0) is 21.6. The van der Waals surface area contributed by atoms with E-state index < -0.39 is 21.9 Å². The van der Waals surface area contributed by atoms with E-state index in [1.165, 1.54) is 16.4 Å². The molecule has 1 aliphatic heterocycles. The molecule has 0 saturated carbocycles. The molecule has 1 aliphatic rings. The smallest absolute Gasteiger partial charge is 0.243 e. The summed E-state index contributed by atoms with van der Waals surface area (Å²) in [4.78, 5) is 12.5. The van der Waals surface area contributed by atoms with Crippen molar-refractivity contribution in [3.8, 4) is 5.75 Å². The van der Waals surface area contributed by atoms with Gasteiger partial charge in [0.1, 0.15) is 11.6 Å². The summed E-state index contributed by atoms with van der Waals surface area (Å²) >= 11 is 0. The van der Waals surface area contributed by atoms with Gasteiger partial charge in [0.25, 0.3) is 0 Å². The Hall–Kier alpha value is -2.45. The lowest BCUT2D eigenvalue weighted by Crippen LogP contribution is -2.46. The van der Waals surface area contributed by atoms with E-state index in [1.807, 2.05) is 24.3 Å². The number of carbonyl (C=O) groups excluding carboxylic acids is 1. The minimum Gasteiger partial charge on any atom is -0.496 e. The number of methoxy groups -OCH3 is 1. The Morgan fingerprint density at radius 1 is 1.17 bits per heavy atom. The summed E-state index contributed by atoms with van der Waals surface area (Å²) in [6.07, 6.45) is 2.96. The van der Waals surface area contributed by atoms with Crippen molar-refractivity contribution < 1.29 is 22.3 Å². The number of amides is 1. The molecule has 8 heteroatoms. The summed E-state index contributed by atoms with van der Waals surface area (Å²) in [7, 11) is -2.17. The fourth-order valence-electron chi connectivity index (χ4n) is 3.77. The van der Waals surface area contributed by atoms with Gasteiger partial charge in [-0.05, 0) is 55.2 Å². The highest BCUT2D eigenvalue weighted by Crippen LogP contribution is 2.27. The third-order valence-electron chi connectivity index (χ3n) is 5.32. The number of hydrogen-bond donors (Lipinski definition) is 1. The second-order valence-electron chi connectivity index (χ2n) is 7.34. The van der Waals surface area contributed by atoms with E-state index >= 15 is 0 Å². The zero-order valence-corrected chi connectivity index (χ0v) is 17.8. The zero-order valence-electron chi connectivity index (χ0n) is 17.0. The maximum absolute atomic E-state index is 13.2. The monoisotopic (exact) mass is 434 g/mol. The fourth-order valence-corrected chi connectivity index (χ4v) is 5.46. The number of nitrogens with zero attached hydrogens (tertiary/aromatic N) is 1. The first kappa shape index (κ1) is 22.2. The van der Waals surface area contributed by atoms with Crippen LogP contribution < -0.4 is 10.1 Å². The van der Waals surface area contributed by atoms with Crippen LogP contribution in [-0.4, -0.2) is 44.9 Å². The molecule has 1 atom stereocenters. The summed E-state index contributed by atoms with van der Waals surface area (Å²) in [6, 6.07) is 12.0. The highest BCUT2D eigenvalue weighted by molar-refractivity contribution is 7.89. The SMILES string of the molecule is COc1ccccc1CCNC(=O)C[C@H]1CCCCN1S(=O)(=O)c1ccc(F)cc1. The molecule has 0 aromatic heterocycles. The van der Waals surface area contributed by atoms with Gasteiger partial charge in [0.2, 0.25) is 15.9 Å². The fraction of sp³-hybridized carbons (Fsp3) is 0.409. The van der Waals surface area contributed by atoms with Crippen LogP contribution in [0.25, 0.3) is 0 Å². The number of nitrogens with one attached hydrogen (secondary N) is 1. The quantitative estimate of drug-likeness (QED) is 0.693. The van der Waals surface area contributed by atoms with E-state index in [0.29, 0.717) is 25.9 Å². The molecule has 2 aromatic rings. The van der Waals surface area contributed by atoms with Gasteiger partial charge in [-0.25, -0.2) is 12.8 Å². The third kappa shape index (κ3) is 5.37. The highest BCUT2D eigenvalue weighted by atomic mass is 32.2. The first-order valence-corrected chi connectivity index (χ1v) is 11.5. The summed E-state index contributed by atoms with van der Waals surface area (Å²) in [5.74, 6) is 0.102. The molecule has 1 fully saturated rings. The van der Waals surface area contributed by atoms with Crippen LogP contribution in [0.1, 0.15) is 31.2 Å². The topological polar surface area (TPSA) is 75.7 Å². The maximum Gasteiger partial charge on any atom is 0.243 e. The lowest BCUT2D eigenvalue weighted by Gasteiger charge is -2.34. The lowest BCUT2D eigenvalue weighted by atomic mass is 10.0. The second-order valence-corrected chi connectivity index (χ2v) is 9.23. The third-order valence-corrected chi connectivity index (χ3v) is 7.29. The summed E-state index contributed by atoms with van der Waals surface area (Å²) < 4.78 is 45.9. The predicted octanol–water partition coefficient (Wildman–Crippen LogP) is 3.13. The Morgan fingerprint density at radius 2 is 1.90 bits per heavy atom. The highest BCUT2D eigenvalue weighted by Gasteiger charge is 2.34. The lowest BCUT2D eigenvalue weighted by molar-refractivity contribution is -0.122. The number of ether oxygens (including phenoxy) is 1. The molecular weight excluding hydrogens is 407 g/mol. The van der Waals surface area contributed by atoms with Crippen LogP contribution in [0.15, 0.2) is 53.4 Å². The van der Waals surface area contributed by atoms with Gasteiger partial charge < -0.3 is 10.1 Å². The van der Waals surface area contributed by atoms with Gasteiger partial charge in [0, 0.05) is 25.6 Å². The molecule has 0 bridgehead atoms. The maximum atomic E-state index is 13.2. The van der Waals surface area contributed by atoms with Crippen LogP contribution >= 0.6 is 0 Å². The largest absolute Gasteiger partial charge is 0.496 e. The summed E-state index contributed by atoms with van der Waals surface area (Å²) in [5, 5.41) is 2.88. The molecule has 1 amide bonds. The van der Waals surface area contributed by atoms with Crippen molar-refractivity contribution in [1.29, 1.82) is 0 Å². The van der Waals surface area contributed by atoms with Crippen LogP contribution in [0.5, 0.6) is 5.75 Å². The standard InChI is InChI=1S/C22H27FN2O4S/c1-29-21-8-3-2-6-17(21)13-14-24-22(26)16-19-7-4-5-15-25(19)30(27,28)20-11-9-18(23)10-12-20/h2-3,6,8-12,19H,4-5,7,13-16H2,1H3,(H,24,26)/t19-/m1/s1. The van der Waals surface area contributed by atoms with E-state index in [0.717, 1.165) is 36.3 Å². The Kier molecular flexibility index (Phi) is 7.44. The van der Waals surface area contributed by atoms with Gasteiger partial charge >= 0.3 is 0 Å². The molecule has 3 rings (SSSR count). The number of halogens is 1. The number of rotatable bonds is 8. The molecular formula is C22H27FN2O4S. The minimum absolute atomic E-state index is 0.0485. The molecule has 30 heavy (non-hydrogen) atoms. The van der Waals surface area contributed by atoms with Crippen LogP contribution in [0.3, 0.4) is 0 Å². The van der Waals surface area contributed by atoms with Gasteiger partial charge in [-0.3, -0.25) is 4.79 Å². The average molecular weight is 435 g/mol. The molecule has 1 saturated heterocycles. The van der Waals surface area contributed by atoms with Crippen LogP contribution in [-0.2, 0) is 21.2 Å². The molecule has 0 radical (unpaired) electrons. The van der Waals surface area contributed by atoms with Crippen molar-refractivity contribution in [2.75, 3.05) is 20.2 Å². The number of para-hydroxylation sites is 1. The van der Waals surface area contributed by atoms with E-state index in [1.54, 1.807) is 7.11 Å². The normalized spacial score (nSPS) is 17.5. The second kappa shape index (κ2) is 10.0. The molecule has 0 spiro atoms. The molecule has 0 aliphatic carbocycles. The van der Waals surface area contributed by atoms with Gasteiger partial charge in [0.05, 0.1) is 12.0 Å². The molecule has 162 valence electrons. The Morgan fingerprint density at radius 3 is 2.63 bits per heavy atom. The number of piperidine rings is 1.